The molecule has 1 atom stereocenters. The number of benzene rings is 1. The van der Waals surface area contributed by atoms with Crippen molar-refractivity contribution in [3.63, 3.8) is 0 Å². The standard InChI is InChI=1S/C13H14ClNS/c1-8-3-4-10(5-12(8)14)13(15)11-7-16-6-9(11)2/h3-7,13H,15H2,1-2H3. The van der Waals surface area contributed by atoms with Crippen molar-refractivity contribution in [1.29, 1.82) is 0 Å². The summed E-state index contributed by atoms with van der Waals surface area (Å²) >= 11 is 7.79. The van der Waals surface area contributed by atoms with Crippen molar-refractivity contribution < 1.29 is 0 Å². The fourth-order valence-corrected chi connectivity index (χ4v) is 2.75. The Balaban J connectivity index is 2.38. The molecule has 0 saturated carbocycles. The maximum atomic E-state index is 6.23. The van der Waals surface area contributed by atoms with Crippen molar-refractivity contribution in [2.75, 3.05) is 0 Å². The molecule has 1 aromatic heterocycles. The summed E-state index contributed by atoms with van der Waals surface area (Å²) in [6, 6.07) is 5.94. The smallest absolute Gasteiger partial charge is 0.0563 e. The predicted octanol–water partition coefficient (Wildman–Crippen LogP) is 4.07. The number of thiophene rings is 1. The van der Waals surface area contributed by atoms with Crippen LogP contribution in [0.2, 0.25) is 5.02 Å². The van der Waals surface area contributed by atoms with Crippen LogP contribution in [0.25, 0.3) is 0 Å². The van der Waals surface area contributed by atoms with Gasteiger partial charge >= 0.3 is 0 Å². The van der Waals surface area contributed by atoms with Gasteiger partial charge in [-0.2, -0.15) is 11.3 Å². The average Bonchev–Trinajstić information content (AvgIpc) is 2.67. The molecule has 0 saturated heterocycles. The number of rotatable bonds is 2. The fraction of sp³-hybridized carbons (Fsp3) is 0.231. The van der Waals surface area contributed by atoms with E-state index in [1.165, 1.54) is 11.1 Å². The fourth-order valence-electron chi connectivity index (χ4n) is 1.67. The van der Waals surface area contributed by atoms with E-state index in [1.54, 1.807) is 11.3 Å². The lowest BCUT2D eigenvalue weighted by molar-refractivity contribution is 0.867. The molecular weight excluding hydrogens is 238 g/mol. The summed E-state index contributed by atoms with van der Waals surface area (Å²) in [6.07, 6.45) is 0. The Labute approximate surface area is 105 Å². The van der Waals surface area contributed by atoms with Gasteiger partial charge in [-0.1, -0.05) is 23.7 Å². The van der Waals surface area contributed by atoms with Gasteiger partial charge in [-0.25, -0.2) is 0 Å². The topological polar surface area (TPSA) is 26.0 Å². The van der Waals surface area contributed by atoms with Gasteiger partial charge in [0.2, 0.25) is 0 Å². The van der Waals surface area contributed by atoms with Crippen molar-refractivity contribution in [3.05, 3.63) is 56.2 Å². The molecule has 2 N–H and O–H groups in total. The van der Waals surface area contributed by atoms with Crippen molar-refractivity contribution in [2.24, 2.45) is 5.73 Å². The number of aryl methyl sites for hydroxylation is 2. The Morgan fingerprint density at radius 2 is 1.94 bits per heavy atom. The van der Waals surface area contributed by atoms with Crippen LogP contribution in [-0.4, -0.2) is 0 Å². The molecule has 0 radical (unpaired) electrons. The van der Waals surface area contributed by atoms with Crippen LogP contribution in [0, 0.1) is 13.8 Å². The molecule has 1 heterocycles. The third-order valence-electron chi connectivity index (χ3n) is 2.79. The van der Waals surface area contributed by atoms with E-state index in [9.17, 15) is 0 Å². The minimum Gasteiger partial charge on any atom is -0.320 e. The highest BCUT2D eigenvalue weighted by Crippen LogP contribution is 2.28. The highest BCUT2D eigenvalue weighted by atomic mass is 35.5. The average molecular weight is 252 g/mol. The van der Waals surface area contributed by atoms with Crippen LogP contribution in [0.15, 0.2) is 29.0 Å². The predicted molar refractivity (Wildman–Crippen MR) is 71.3 cm³/mol. The van der Waals surface area contributed by atoms with E-state index >= 15 is 0 Å². The second kappa shape index (κ2) is 4.58. The minimum absolute atomic E-state index is 0.0793. The zero-order chi connectivity index (χ0) is 11.7. The van der Waals surface area contributed by atoms with Crippen molar-refractivity contribution in [1.82, 2.24) is 0 Å². The van der Waals surface area contributed by atoms with Crippen LogP contribution in [0.4, 0.5) is 0 Å². The zero-order valence-electron chi connectivity index (χ0n) is 9.33. The van der Waals surface area contributed by atoms with Crippen LogP contribution in [-0.2, 0) is 0 Å². The van der Waals surface area contributed by atoms with Gasteiger partial charge in [0.1, 0.15) is 0 Å². The van der Waals surface area contributed by atoms with Gasteiger partial charge in [0.05, 0.1) is 6.04 Å². The number of halogens is 1. The normalized spacial score (nSPS) is 12.8. The molecule has 0 aliphatic heterocycles. The largest absolute Gasteiger partial charge is 0.320 e. The quantitative estimate of drug-likeness (QED) is 0.856. The molecular formula is C13H14ClNS. The summed E-state index contributed by atoms with van der Waals surface area (Å²) in [5.41, 5.74) is 10.8. The van der Waals surface area contributed by atoms with Gasteiger partial charge in [-0.05, 0) is 52.9 Å². The van der Waals surface area contributed by atoms with Crippen LogP contribution in [0.1, 0.15) is 28.3 Å². The maximum absolute atomic E-state index is 6.23. The van der Waals surface area contributed by atoms with E-state index in [1.807, 2.05) is 25.1 Å². The highest BCUT2D eigenvalue weighted by molar-refractivity contribution is 7.08. The van der Waals surface area contributed by atoms with E-state index in [2.05, 4.69) is 17.7 Å². The molecule has 0 bridgehead atoms. The molecule has 84 valence electrons. The lowest BCUT2D eigenvalue weighted by Crippen LogP contribution is -2.12. The van der Waals surface area contributed by atoms with Gasteiger partial charge in [0.25, 0.3) is 0 Å². The van der Waals surface area contributed by atoms with Crippen LogP contribution >= 0.6 is 22.9 Å². The van der Waals surface area contributed by atoms with Gasteiger partial charge in [0.15, 0.2) is 0 Å². The number of hydrogen-bond donors (Lipinski definition) is 1. The van der Waals surface area contributed by atoms with Crippen molar-refractivity contribution >= 4 is 22.9 Å². The zero-order valence-corrected chi connectivity index (χ0v) is 10.9. The van der Waals surface area contributed by atoms with Crippen molar-refractivity contribution in [3.8, 4) is 0 Å². The van der Waals surface area contributed by atoms with Gasteiger partial charge in [-0.3, -0.25) is 0 Å². The van der Waals surface area contributed by atoms with E-state index in [4.69, 9.17) is 17.3 Å². The van der Waals surface area contributed by atoms with E-state index in [0.29, 0.717) is 0 Å². The first kappa shape index (κ1) is 11.6. The lowest BCUT2D eigenvalue weighted by Gasteiger charge is -2.13. The third kappa shape index (κ3) is 2.14. The minimum atomic E-state index is -0.0793. The van der Waals surface area contributed by atoms with Crippen LogP contribution in [0.3, 0.4) is 0 Å². The molecule has 16 heavy (non-hydrogen) atoms. The Kier molecular flexibility index (Phi) is 3.33. The molecule has 0 fully saturated rings. The monoisotopic (exact) mass is 251 g/mol. The molecule has 0 amide bonds. The molecule has 3 heteroatoms. The van der Waals surface area contributed by atoms with Crippen LogP contribution in [0.5, 0.6) is 0 Å². The summed E-state index contributed by atoms with van der Waals surface area (Å²) < 4.78 is 0. The second-order valence-electron chi connectivity index (χ2n) is 4.00. The summed E-state index contributed by atoms with van der Waals surface area (Å²) in [5.74, 6) is 0. The van der Waals surface area contributed by atoms with E-state index in [-0.39, 0.29) is 6.04 Å². The SMILES string of the molecule is Cc1ccc(C(N)c2cscc2C)cc1Cl. The van der Waals surface area contributed by atoms with Gasteiger partial charge in [0, 0.05) is 5.02 Å². The Morgan fingerprint density at radius 3 is 2.50 bits per heavy atom. The Bertz CT molecular complexity index is 504. The number of nitrogens with two attached hydrogens (primary N) is 1. The summed E-state index contributed by atoms with van der Waals surface area (Å²) in [5, 5.41) is 5.00. The number of hydrogen-bond acceptors (Lipinski definition) is 2. The molecule has 1 nitrogen and oxygen atoms in total. The summed E-state index contributed by atoms with van der Waals surface area (Å²) in [7, 11) is 0. The molecule has 1 aromatic carbocycles. The first-order valence-electron chi connectivity index (χ1n) is 5.14. The second-order valence-corrected chi connectivity index (χ2v) is 5.15. The molecule has 0 aliphatic rings. The third-order valence-corrected chi connectivity index (χ3v) is 4.07. The maximum Gasteiger partial charge on any atom is 0.0563 e. The van der Waals surface area contributed by atoms with E-state index < -0.39 is 0 Å². The molecule has 0 spiro atoms. The molecule has 2 rings (SSSR count). The molecule has 0 aliphatic carbocycles. The first-order valence-corrected chi connectivity index (χ1v) is 6.46. The van der Waals surface area contributed by atoms with Gasteiger partial charge < -0.3 is 5.73 Å². The molecule has 2 aromatic rings. The van der Waals surface area contributed by atoms with Crippen LogP contribution < -0.4 is 5.73 Å². The highest BCUT2D eigenvalue weighted by Gasteiger charge is 2.12. The Morgan fingerprint density at radius 1 is 1.19 bits per heavy atom. The summed E-state index contributed by atoms with van der Waals surface area (Å²) in [6.45, 7) is 4.08. The first-order chi connectivity index (χ1) is 7.59. The van der Waals surface area contributed by atoms with E-state index in [0.717, 1.165) is 16.1 Å². The van der Waals surface area contributed by atoms with Gasteiger partial charge in [-0.15, -0.1) is 0 Å². The Hall–Kier alpha value is -0.830. The van der Waals surface area contributed by atoms with Crippen molar-refractivity contribution in [2.45, 2.75) is 19.9 Å². The summed E-state index contributed by atoms with van der Waals surface area (Å²) in [4.78, 5) is 0. The molecule has 1 unspecified atom stereocenters. The lowest BCUT2D eigenvalue weighted by atomic mass is 9.98.